The van der Waals surface area contributed by atoms with E-state index in [0.29, 0.717) is 6.04 Å². The molecule has 1 aromatic carbocycles. The van der Waals surface area contributed by atoms with E-state index in [0.717, 1.165) is 30.5 Å². The molecule has 1 amide bonds. The second-order valence-electron chi connectivity index (χ2n) is 7.00. The monoisotopic (exact) mass is 316 g/mol. The number of rotatable bonds is 3. The molecule has 2 unspecified atom stereocenters. The lowest BCUT2D eigenvalue weighted by Crippen LogP contribution is -2.60. The Labute approximate surface area is 137 Å². The highest BCUT2D eigenvalue weighted by molar-refractivity contribution is 7.98. The quantitative estimate of drug-likeness (QED) is 0.801. The number of carbonyl (C=O) groups excluding carboxylic acids is 1. The highest BCUT2D eigenvalue weighted by Crippen LogP contribution is 2.39. The predicted molar refractivity (Wildman–Crippen MR) is 90.3 cm³/mol. The third-order valence-corrected chi connectivity index (χ3v) is 6.50. The van der Waals surface area contributed by atoms with Gasteiger partial charge in [0.1, 0.15) is 0 Å². The molecule has 2 atom stereocenters. The van der Waals surface area contributed by atoms with Crippen LogP contribution >= 0.6 is 11.8 Å². The van der Waals surface area contributed by atoms with Crippen molar-refractivity contribution in [2.75, 3.05) is 32.4 Å². The average molecular weight is 316 g/mol. The molecule has 22 heavy (non-hydrogen) atoms. The summed E-state index contributed by atoms with van der Waals surface area (Å²) in [6.07, 6.45) is 6.35. The van der Waals surface area contributed by atoms with E-state index in [-0.39, 0.29) is 5.91 Å². The summed E-state index contributed by atoms with van der Waals surface area (Å²) in [7, 11) is 0. The van der Waals surface area contributed by atoms with E-state index in [1.165, 1.54) is 37.2 Å². The van der Waals surface area contributed by atoms with Gasteiger partial charge in [-0.25, -0.2) is 0 Å². The number of carbonyl (C=O) groups is 1. The lowest BCUT2D eigenvalue weighted by Gasteiger charge is -2.44. The molecule has 3 nitrogen and oxygen atoms in total. The third-order valence-electron chi connectivity index (χ3n) is 5.76. The van der Waals surface area contributed by atoms with Crippen molar-refractivity contribution >= 4 is 17.7 Å². The fourth-order valence-electron chi connectivity index (χ4n) is 4.34. The van der Waals surface area contributed by atoms with E-state index in [9.17, 15) is 4.79 Å². The summed E-state index contributed by atoms with van der Waals surface area (Å²) in [5.41, 5.74) is 0.828. The highest BCUT2D eigenvalue weighted by atomic mass is 32.2. The summed E-state index contributed by atoms with van der Waals surface area (Å²) in [6, 6.07) is 8.61. The predicted octanol–water partition coefficient (Wildman–Crippen LogP) is 2.96. The molecule has 2 aliphatic heterocycles. The zero-order chi connectivity index (χ0) is 15.1. The molecule has 0 bridgehead atoms. The number of amides is 1. The molecule has 3 aliphatic rings. The number of hydrogen-bond donors (Lipinski definition) is 0. The third kappa shape index (κ3) is 2.56. The van der Waals surface area contributed by atoms with Crippen LogP contribution in [0.5, 0.6) is 0 Å². The summed E-state index contributed by atoms with van der Waals surface area (Å²) >= 11 is 1.71. The number of likely N-dealkylation sites (tertiary alicyclic amines) is 2. The number of benzene rings is 1. The van der Waals surface area contributed by atoms with Gasteiger partial charge in [-0.1, -0.05) is 6.42 Å². The van der Waals surface area contributed by atoms with Gasteiger partial charge in [0.15, 0.2) is 0 Å². The van der Waals surface area contributed by atoms with E-state index in [4.69, 9.17) is 0 Å². The van der Waals surface area contributed by atoms with Gasteiger partial charge in [-0.3, -0.25) is 9.69 Å². The minimum absolute atomic E-state index is 0.197. The van der Waals surface area contributed by atoms with Crippen molar-refractivity contribution in [3.63, 3.8) is 0 Å². The summed E-state index contributed by atoms with van der Waals surface area (Å²) in [5, 5.41) is 0. The van der Waals surface area contributed by atoms with Gasteiger partial charge in [0, 0.05) is 42.7 Å². The van der Waals surface area contributed by atoms with E-state index in [1.807, 2.05) is 29.2 Å². The Hall–Kier alpha value is -1.00. The van der Waals surface area contributed by atoms with Gasteiger partial charge < -0.3 is 4.90 Å². The summed E-state index contributed by atoms with van der Waals surface area (Å²) in [5.74, 6) is 2.09. The maximum absolute atomic E-state index is 12.5. The maximum Gasteiger partial charge on any atom is 0.253 e. The molecule has 0 N–H and O–H groups in total. The molecule has 4 heteroatoms. The van der Waals surface area contributed by atoms with Gasteiger partial charge in [-0.2, -0.15) is 0 Å². The Kier molecular flexibility index (Phi) is 3.91. The van der Waals surface area contributed by atoms with Gasteiger partial charge in [0.05, 0.1) is 0 Å². The Morgan fingerprint density at radius 1 is 1.05 bits per heavy atom. The van der Waals surface area contributed by atoms with Gasteiger partial charge in [0.2, 0.25) is 0 Å². The highest BCUT2D eigenvalue weighted by Gasteiger charge is 2.43. The molecular formula is C18H24N2OS. The van der Waals surface area contributed by atoms with Crippen molar-refractivity contribution in [1.82, 2.24) is 9.80 Å². The Balaban J connectivity index is 1.32. The average Bonchev–Trinajstić information content (AvgIpc) is 3.07. The molecule has 4 rings (SSSR count). The summed E-state index contributed by atoms with van der Waals surface area (Å²) < 4.78 is 0. The largest absolute Gasteiger partial charge is 0.335 e. The van der Waals surface area contributed by atoms with Crippen LogP contribution in [0.2, 0.25) is 0 Å². The van der Waals surface area contributed by atoms with Crippen molar-refractivity contribution in [3.05, 3.63) is 29.8 Å². The van der Waals surface area contributed by atoms with Crippen LogP contribution in [0.4, 0.5) is 0 Å². The Morgan fingerprint density at radius 2 is 1.68 bits per heavy atom. The molecule has 3 fully saturated rings. The van der Waals surface area contributed by atoms with E-state index < -0.39 is 0 Å². The lowest BCUT2D eigenvalue weighted by molar-refractivity contribution is 0.0313. The standard InChI is InChI=1S/C18H24N2OS/c1-22-17-7-5-13(6-8-17)18(21)20-11-16(12-20)19-9-14-3-2-4-15(14)10-19/h5-8,14-16H,2-4,9-12H2,1H3. The zero-order valence-electron chi connectivity index (χ0n) is 13.2. The Morgan fingerprint density at radius 3 is 2.27 bits per heavy atom. The topological polar surface area (TPSA) is 23.6 Å². The molecule has 1 aliphatic carbocycles. The molecule has 0 aromatic heterocycles. The lowest BCUT2D eigenvalue weighted by atomic mass is 10.0. The molecule has 2 saturated heterocycles. The van der Waals surface area contributed by atoms with E-state index in [2.05, 4.69) is 11.2 Å². The molecule has 1 aromatic rings. The number of thioether (sulfide) groups is 1. The van der Waals surface area contributed by atoms with E-state index in [1.54, 1.807) is 11.8 Å². The fraction of sp³-hybridized carbons (Fsp3) is 0.611. The van der Waals surface area contributed by atoms with Crippen molar-refractivity contribution in [2.24, 2.45) is 11.8 Å². The van der Waals surface area contributed by atoms with Crippen LogP contribution in [0.1, 0.15) is 29.6 Å². The normalized spacial score (nSPS) is 28.7. The number of nitrogens with zero attached hydrogens (tertiary/aromatic N) is 2. The van der Waals surface area contributed by atoms with Crippen molar-refractivity contribution in [1.29, 1.82) is 0 Å². The van der Waals surface area contributed by atoms with Gasteiger partial charge in [-0.15, -0.1) is 11.8 Å². The SMILES string of the molecule is CSc1ccc(C(=O)N2CC(N3CC4CCCC4C3)C2)cc1. The van der Waals surface area contributed by atoms with Crippen molar-refractivity contribution in [3.8, 4) is 0 Å². The second kappa shape index (κ2) is 5.89. The van der Waals surface area contributed by atoms with Crippen LogP contribution in [0.25, 0.3) is 0 Å². The molecule has 1 saturated carbocycles. The van der Waals surface area contributed by atoms with E-state index >= 15 is 0 Å². The Bertz CT molecular complexity index is 541. The van der Waals surface area contributed by atoms with Crippen LogP contribution in [0, 0.1) is 11.8 Å². The minimum atomic E-state index is 0.197. The van der Waals surface area contributed by atoms with Gasteiger partial charge in [0.25, 0.3) is 5.91 Å². The van der Waals surface area contributed by atoms with Crippen LogP contribution in [0.15, 0.2) is 29.2 Å². The maximum atomic E-state index is 12.5. The summed E-state index contributed by atoms with van der Waals surface area (Å²) in [4.78, 5) is 18.3. The molecule has 118 valence electrons. The van der Waals surface area contributed by atoms with Crippen LogP contribution in [-0.4, -0.2) is 54.2 Å². The molecule has 0 radical (unpaired) electrons. The molecule has 2 heterocycles. The summed E-state index contributed by atoms with van der Waals surface area (Å²) in [6.45, 7) is 4.39. The smallest absolute Gasteiger partial charge is 0.253 e. The zero-order valence-corrected chi connectivity index (χ0v) is 14.0. The first-order valence-corrected chi connectivity index (χ1v) is 9.64. The van der Waals surface area contributed by atoms with Crippen LogP contribution < -0.4 is 0 Å². The fourth-order valence-corrected chi connectivity index (χ4v) is 4.75. The van der Waals surface area contributed by atoms with Crippen LogP contribution in [0.3, 0.4) is 0 Å². The minimum Gasteiger partial charge on any atom is -0.335 e. The molecular weight excluding hydrogens is 292 g/mol. The van der Waals surface area contributed by atoms with Crippen molar-refractivity contribution < 1.29 is 4.79 Å². The first kappa shape index (κ1) is 14.6. The van der Waals surface area contributed by atoms with Crippen LogP contribution in [-0.2, 0) is 0 Å². The van der Waals surface area contributed by atoms with Gasteiger partial charge >= 0.3 is 0 Å². The van der Waals surface area contributed by atoms with Crippen molar-refractivity contribution in [2.45, 2.75) is 30.2 Å². The number of hydrogen-bond acceptors (Lipinski definition) is 3. The number of fused-ring (bicyclic) bond motifs is 1. The first-order valence-electron chi connectivity index (χ1n) is 8.42. The molecule has 0 spiro atoms. The van der Waals surface area contributed by atoms with Gasteiger partial charge in [-0.05, 0) is 55.2 Å². The first-order chi connectivity index (χ1) is 10.7. The second-order valence-corrected chi connectivity index (χ2v) is 7.88.